The molecular formula is C16H20BrN3O. The van der Waals surface area contributed by atoms with Crippen LogP contribution in [-0.4, -0.2) is 10.5 Å². The number of aromatic nitrogens is 1. The standard InChI is InChI=1S/C16H20BrN3O/c1-9(2)13-8-12(17)5-6-15(13)20-10(3)7-14(11(20)4)16(21)19-18/h5-9H,18H2,1-4H3,(H,19,21). The number of carbonyl (C=O) groups excluding carboxylic acids is 1. The molecule has 5 heteroatoms. The van der Waals surface area contributed by atoms with E-state index >= 15 is 0 Å². The largest absolute Gasteiger partial charge is 0.317 e. The topological polar surface area (TPSA) is 60.1 Å². The number of carbonyl (C=O) groups is 1. The molecule has 0 atom stereocenters. The fraction of sp³-hybridized carbons (Fsp3) is 0.312. The van der Waals surface area contributed by atoms with E-state index in [1.165, 1.54) is 5.56 Å². The Morgan fingerprint density at radius 2 is 1.95 bits per heavy atom. The summed E-state index contributed by atoms with van der Waals surface area (Å²) in [5.74, 6) is 5.37. The number of nitrogen functional groups attached to an aromatic ring is 1. The zero-order chi connectivity index (χ0) is 15.7. The molecule has 0 fully saturated rings. The lowest BCUT2D eigenvalue weighted by molar-refractivity contribution is 0.0953. The minimum atomic E-state index is -0.266. The van der Waals surface area contributed by atoms with Gasteiger partial charge in [0.1, 0.15) is 0 Å². The average molecular weight is 350 g/mol. The minimum absolute atomic E-state index is 0.266. The van der Waals surface area contributed by atoms with Gasteiger partial charge in [0.15, 0.2) is 0 Å². The normalized spacial score (nSPS) is 11.0. The molecule has 3 N–H and O–H groups in total. The lowest BCUT2D eigenvalue weighted by Crippen LogP contribution is -2.30. The highest BCUT2D eigenvalue weighted by Crippen LogP contribution is 2.30. The van der Waals surface area contributed by atoms with Gasteiger partial charge >= 0.3 is 0 Å². The van der Waals surface area contributed by atoms with Crippen molar-refractivity contribution in [3.63, 3.8) is 0 Å². The number of nitrogens with two attached hydrogens (primary N) is 1. The Morgan fingerprint density at radius 1 is 1.29 bits per heavy atom. The Bertz CT molecular complexity index is 689. The van der Waals surface area contributed by atoms with Gasteiger partial charge in [-0.15, -0.1) is 0 Å². The highest BCUT2D eigenvalue weighted by atomic mass is 79.9. The van der Waals surface area contributed by atoms with Gasteiger partial charge in [0.05, 0.1) is 5.56 Å². The molecule has 1 heterocycles. The van der Waals surface area contributed by atoms with Crippen LogP contribution in [0, 0.1) is 13.8 Å². The van der Waals surface area contributed by atoms with Crippen molar-refractivity contribution in [3.05, 3.63) is 51.3 Å². The van der Waals surface area contributed by atoms with Gasteiger partial charge in [-0.2, -0.15) is 0 Å². The first kappa shape index (κ1) is 15.8. The number of halogens is 1. The van der Waals surface area contributed by atoms with E-state index < -0.39 is 0 Å². The number of hydrogen-bond acceptors (Lipinski definition) is 2. The maximum Gasteiger partial charge on any atom is 0.267 e. The van der Waals surface area contributed by atoms with Gasteiger partial charge in [0, 0.05) is 21.5 Å². The second-order valence-electron chi connectivity index (χ2n) is 5.45. The smallest absolute Gasteiger partial charge is 0.267 e. The zero-order valence-electron chi connectivity index (χ0n) is 12.7. The summed E-state index contributed by atoms with van der Waals surface area (Å²) in [7, 11) is 0. The molecule has 21 heavy (non-hydrogen) atoms. The van der Waals surface area contributed by atoms with Gasteiger partial charge in [0.2, 0.25) is 0 Å². The molecule has 0 aliphatic rings. The molecule has 0 aliphatic carbocycles. The molecule has 0 spiro atoms. The number of amides is 1. The monoisotopic (exact) mass is 349 g/mol. The number of aryl methyl sites for hydroxylation is 1. The molecule has 0 radical (unpaired) electrons. The summed E-state index contributed by atoms with van der Waals surface area (Å²) >= 11 is 3.52. The third-order valence-electron chi connectivity index (χ3n) is 3.66. The fourth-order valence-electron chi connectivity index (χ4n) is 2.63. The third kappa shape index (κ3) is 2.89. The highest BCUT2D eigenvalue weighted by molar-refractivity contribution is 9.10. The van der Waals surface area contributed by atoms with E-state index in [2.05, 4.69) is 51.9 Å². The van der Waals surface area contributed by atoms with E-state index in [0.29, 0.717) is 11.5 Å². The van der Waals surface area contributed by atoms with E-state index in [0.717, 1.165) is 21.5 Å². The summed E-state index contributed by atoms with van der Waals surface area (Å²) in [6.45, 7) is 8.25. The molecule has 1 amide bonds. The Hall–Kier alpha value is -1.59. The Balaban J connectivity index is 2.68. The van der Waals surface area contributed by atoms with Crippen LogP contribution in [0.4, 0.5) is 0 Å². The molecule has 0 aliphatic heterocycles. The molecule has 4 nitrogen and oxygen atoms in total. The lowest BCUT2D eigenvalue weighted by atomic mass is 10.0. The molecule has 0 unspecified atom stereocenters. The van der Waals surface area contributed by atoms with Crippen LogP contribution in [0.2, 0.25) is 0 Å². The van der Waals surface area contributed by atoms with Crippen LogP contribution in [0.15, 0.2) is 28.7 Å². The Labute approximate surface area is 133 Å². The number of hydrogen-bond donors (Lipinski definition) is 2. The number of benzene rings is 1. The fourth-order valence-corrected chi connectivity index (χ4v) is 3.01. The number of nitrogens with one attached hydrogen (secondary N) is 1. The van der Waals surface area contributed by atoms with Gasteiger partial charge < -0.3 is 4.57 Å². The van der Waals surface area contributed by atoms with E-state index in [4.69, 9.17) is 5.84 Å². The van der Waals surface area contributed by atoms with Crippen LogP contribution in [0.5, 0.6) is 0 Å². The molecule has 2 aromatic rings. The second kappa shape index (κ2) is 6.03. The number of hydrazine groups is 1. The number of nitrogens with zero attached hydrogens (tertiary/aromatic N) is 1. The zero-order valence-corrected chi connectivity index (χ0v) is 14.3. The van der Waals surface area contributed by atoms with Crippen molar-refractivity contribution in [3.8, 4) is 5.69 Å². The maximum absolute atomic E-state index is 11.8. The summed E-state index contributed by atoms with van der Waals surface area (Å²) < 4.78 is 3.16. The summed E-state index contributed by atoms with van der Waals surface area (Å²) in [5, 5.41) is 0. The van der Waals surface area contributed by atoms with E-state index in [-0.39, 0.29) is 5.91 Å². The first-order valence-electron chi connectivity index (χ1n) is 6.86. The predicted octanol–water partition coefficient (Wildman–Crippen LogP) is 3.58. The predicted molar refractivity (Wildman–Crippen MR) is 88.7 cm³/mol. The van der Waals surface area contributed by atoms with Crippen molar-refractivity contribution < 1.29 is 4.79 Å². The summed E-state index contributed by atoms with van der Waals surface area (Å²) in [5.41, 5.74) is 7.03. The molecular weight excluding hydrogens is 330 g/mol. The van der Waals surface area contributed by atoms with Gasteiger partial charge in [-0.05, 0) is 49.6 Å². The minimum Gasteiger partial charge on any atom is -0.317 e. The van der Waals surface area contributed by atoms with Crippen LogP contribution < -0.4 is 11.3 Å². The summed E-state index contributed by atoms with van der Waals surface area (Å²) in [4.78, 5) is 11.8. The number of rotatable bonds is 3. The van der Waals surface area contributed by atoms with Crippen LogP contribution >= 0.6 is 15.9 Å². The molecule has 1 aromatic heterocycles. The molecule has 1 aromatic carbocycles. The quantitative estimate of drug-likeness (QED) is 0.505. The molecule has 112 valence electrons. The Kier molecular flexibility index (Phi) is 4.54. The maximum atomic E-state index is 11.8. The van der Waals surface area contributed by atoms with Crippen LogP contribution in [-0.2, 0) is 0 Å². The van der Waals surface area contributed by atoms with Crippen LogP contribution in [0.3, 0.4) is 0 Å². The van der Waals surface area contributed by atoms with Gasteiger partial charge in [-0.25, -0.2) is 5.84 Å². The average Bonchev–Trinajstić information content (AvgIpc) is 2.73. The third-order valence-corrected chi connectivity index (χ3v) is 4.15. The van der Waals surface area contributed by atoms with Gasteiger partial charge in [-0.1, -0.05) is 29.8 Å². The second-order valence-corrected chi connectivity index (χ2v) is 6.37. The van der Waals surface area contributed by atoms with Crippen molar-refractivity contribution in [1.29, 1.82) is 0 Å². The lowest BCUT2D eigenvalue weighted by Gasteiger charge is -2.18. The van der Waals surface area contributed by atoms with Crippen molar-refractivity contribution in [2.75, 3.05) is 0 Å². The molecule has 0 saturated carbocycles. The van der Waals surface area contributed by atoms with Crippen LogP contribution in [0.1, 0.15) is 47.1 Å². The van der Waals surface area contributed by atoms with E-state index in [1.807, 2.05) is 26.0 Å². The summed E-state index contributed by atoms with van der Waals surface area (Å²) in [6.07, 6.45) is 0. The van der Waals surface area contributed by atoms with Gasteiger partial charge in [-0.3, -0.25) is 10.2 Å². The van der Waals surface area contributed by atoms with E-state index in [9.17, 15) is 4.79 Å². The first-order chi connectivity index (χ1) is 9.86. The van der Waals surface area contributed by atoms with Crippen molar-refractivity contribution >= 4 is 21.8 Å². The van der Waals surface area contributed by atoms with Crippen molar-refractivity contribution in [2.45, 2.75) is 33.6 Å². The Morgan fingerprint density at radius 3 is 2.52 bits per heavy atom. The first-order valence-corrected chi connectivity index (χ1v) is 7.65. The SMILES string of the molecule is Cc1cc(C(=O)NN)c(C)n1-c1ccc(Br)cc1C(C)C. The van der Waals surface area contributed by atoms with E-state index in [1.54, 1.807) is 0 Å². The highest BCUT2D eigenvalue weighted by Gasteiger charge is 2.18. The molecule has 0 saturated heterocycles. The van der Waals surface area contributed by atoms with Crippen LogP contribution in [0.25, 0.3) is 5.69 Å². The molecule has 0 bridgehead atoms. The van der Waals surface area contributed by atoms with Crippen molar-refractivity contribution in [2.24, 2.45) is 5.84 Å². The molecule has 2 rings (SSSR count). The van der Waals surface area contributed by atoms with Crippen molar-refractivity contribution in [1.82, 2.24) is 9.99 Å². The van der Waals surface area contributed by atoms with Gasteiger partial charge in [0.25, 0.3) is 5.91 Å². The summed E-state index contributed by atoms with van der Waals surface area (Å²) in [6, 6.07) is 8.08.